The minimum atomic E-state index is -3.84. The van der Waals surface area contributed by atoms with Crippen molar-refractivity contribution in [1.29, 1.82) is 0 Å². The summed E-state index contributed by atoms with van der Waals surface area (Å²) in [6.07, 6.45) is 0.273. The van der Waals surface area contributed by atoms with Crippen LogP contribution in [0.2, 0.25) is 0 Å². The molecule has 0 aliphatic carbocycles. The lowest BCUT2D eigenvalue weighted by atomic mass is 10.0. The minimum absolute atomic E-state index is 0.0367. The maximum Gasteiger partial charge on any atom is 0.261 e. The van der Waals surface area contributed by atoms with E-state index in [0.717, 1.165) is 27.5 Å². The third-order valence-electron chi connectivity index (χ3n) is 6.18. The quantitative estimate of drug-likeness (QED) is 0.294. The van der Waals surface area contributed by atoms with Crippen LogP contribution in [0.25, 0.3) is 10.8 Å². The van der Waals surface area contributed by atoms with E-state index in [0.29, 0.717) is 11.4 Å². The third-order valence-corrected chi connectivity index (χ3v) is 7.55. The molecule has 0 saturated carbocycles. The van der Waals surface area contributed by atoms with Gasteiger partial charge < -0.3 is 10.6 Å². The van der Waals surface area contributed by atoms with Crippen LogP contribution in [0.1, 0.15) is 23.1 Å². The van der Waals surface area contributed by atoms with E-state index in [1.54, 1.807) is 24.3 Å². The first-order valence-corrected chi connectivity index (χ1v) is 13.4. The third kappa shape index (κ3) is 6.54. The second kappa shape index (κ2) is 11.3. The molecule has 0 saturated heterocycles. The van der Waals surface area contributed by atoms with E-state index in [1.807, 2.05) is 62.4 Å². The molecule has 0 fully saturated rings. The van der Waals surface area contributed by atoms with Gasteiger partial charge >= 0.3 is 0 Å². The number of nitrogens with one attached hydrogen (secondary N) is 3. The Morgan fingerprint density at radius 2 is 1.54 bits per heavy atom. The van der Waals surface area contributed by atoms with E-state index in [-0.39, 0.29) is 36.1 Å². The van der Waals surface area contributed by atoms with Crippen molar-refractivity contribution in [1.82, 2.24) is 5.32 Å². The van der Waals surface area contributed by atoms with Crippen molar-refractivity contribution in [2.45, 2.75) is 31.6 Å². The molecule has 4 aromatic rings. The first kappa shape index (κ1) is 25.9. The monoisotopic (exact) mass is 515 g/mol. The summed E-state index contributed by atoms with van der Waals surface area (Å²) >= 11 is 0. The number of sulfonamides is 1. The topological polar surface area (TPSA) is 104 Å². The van der Waals surface area contributed by atoms with Gasteiger partial charge in [0.15, 0.2) is 0 Å². The van der Waals surface area contributed by atoms with Crippen molar-refractivity contribution in [2.24, 2.45) is 0 Å². The largest absolute Gasteiger partial charge is 0.355 e. The summed E-state index contributed by atoms with van der Waals surface area (Å²) in [6.45, 7) is 3.93. The summed E-state index contributed by atoms with van der Waals surface area (Å²) in [7, 11) is -3.84. The number of fused-ring (bicyclic) bond motifs is 1. The van der Waals surface area contributed by atoms with Crippen molar-refractivity contribution in [3.63, 3.8) is 0 Å². The summed E-state index contributed by atoms with van der Waals surface area (Å²) in [5, 5.41) is 7.58. The minimum Gasteiger partial charge on any atom is -0.355 e. The van der Waals surface area contributed by atoms with Gasteiger partial charge in [-0.3, -0.25) is 14.3 Å². The van der Waals surface area contributed by atoms with Crippen LogP contribution in [0.4, 0.5) is 11.4 Å². The second-order valence-electron chi connectivity index (χ2n) is 8.84. The van der Waals surface area contributed by atoms with Gasteiger partial charge in [0.25, 0.3) is 10.0 Å². The Morgan fingerprint density at radius 3 is 2.38 bits per heavy atom. The molecule has 8 heteroatoms. The zero-order valence-electron chi connectivity index (χ0n) is 20.7. The van der Waals surface area contributed by atoms with Crippen LogP contribution in [0.15, 0.2) is 89.8 Å². The zero-order chi connectivity index (χ0) is 26.4. The van der Waals surface area contributed by atoms with Gasteiger partial charge in [-0.25, -0.2) is 8.42 Å². The molecule has 3 N–H and O–H groups in total. The Labute approximate surface area is 217 Å². The Hall–Kier alpha value is -4.17. The lowest BCUT2D eigenvalue weighted by Crippen LogP contribution is -2.29. The van der Waals surface area contributed by atoms with Crippen LogP contribution in [0.5, 0.6) is 0 Å². The van der Waals surface area contributed by atoms with Crippen LogP contribution in [0, 0.1) is 13.8 Å². The smallest absolute Gasteiger partial charge is 0.261 e. The van der Waals surface area contributed by atoms with Crippen molar-refractivity contribution < 1.29 is 18.0 Å². The standard InChI is InChI=1S/C29H29N3O4S/c1-20-8-5-15-27(21(20)2)32-37(35,36)25-13-7-12-24(19-25)31-28(33)16-17-30-29(34)18-23-11-6-10-22-9-3-4-14-26(22)23/h3-15,19,32H,16-18H2,1-2H3,(H,30,34)(H,31,33). The van der Waals surface area contributed by atoms with Crippen molar-refractivity contribution in [3.05, 3.63) is 102 Å². The lowest BCUT2D eigenvalue weighted by molar-refractivity contribution is -0.120. The highest BCUT2D eigenvalue weighted by atomic mass is 32.2. The Bertz CT molecular complexity index is 1560. The normalized spacial score (nSPS) is 11.2. The fraction of sp³-hybridized carbons (Fsp3) is 0.172. The number of anilines is 2. The SMILES string of the molecule is Cc1cccc(NS(=O)(=O)c2cccc(NC(=O)CCNC(=O)Cc3cccc4ccccc34)c2)c1C. The molecule has 7 nitrogen and oxygen atoms in total. The predicted molar refractivity (Wildman–Crippen MR) is 147 cm³/mol. The number of hydrogen-bond donors (Lipinski definition) is 3. The van der Waals surface area contributed by atoms with Crippen LogP contribution in [-0.4, -0.2) is 26.8 Å². The van der Waals surface area contributed by atoms with E-state index in [2.05, 4.69) is 15.4 Å². The maximum atomic E-state index is 12.9. The highest BCUT2D eigenvalue weighted by molar-refractivity contribution is 7.92. The van der Waals surface area contributed by atoms with Gasteiger partial charge in [-0.2, -0.15) is 0 Å². The number of aryl methyl sites for hydroxylation is 1. The van der Waals surface area contributed by atoms with E-state index >= 15 is 0 Å². The zero-order valence-corrected chi connectivity index (χ0v) is 21.6. The highest BCUT2D eigenvalue weighted by Crippen LogP contribution is 2.23. The maximum absolute atomic E-state index is 12.9. The molecular formula is C29H29N3O4S. The summed E-state index contributed by atoms with van der Waals surface area (Å²) in [4.78, 5) is 24.9. The molecule has 4 aromatic carbocycles. The van der Waals surface area contributed by atoms with Crippen molar-refractivity contribution >= 4 is 44.0 Å². The molecule has 0 heterocycles. The molecule has 0 aromatic heterocycles. The Kier molecular flexibility index (Phi) is 7.89. The van der Waals surface area contributed by atoms with Crippen LogP contribution in [0.3, 0.4) is 0 Å². The summed E-state index contributed by atoms with van der Waals surface area (Å²) < 4.78 is 28.4. The van der Waals surface area contributed by atoms with Crippen LogP contribution < -0.4 is 15.4 Å². The summed E-state index contributed by atoms with van der Waals surface area (Å²) in [5.41, 5.74) is 3.61. The van der Waals surface area contributed by atoms with Gasteiger partial charge in [-0.1, -0.05) is 60.7 Å². The van der Waals surface area contributed by atoms with Crippen LogP contribution in [-0.2, 0) is 26.0 Å². The molecule has 0 bridgehead atoms. The number of carbonyl (C=O) groups is 2. The summed E-state index contributed by atoms with van der Waals surface area (Å²) in [5.74, 6) is -0.503. The Morgan fingerprint density at radius 1 is 0.811 bits per heavy atom. The molecule has 0 spiro atoms. The van der Waals surface area contributed by atoms with Crippen molar-refractivity contribution in [3.8, 4) is 0 Å². The van der Waals surface area contributed by atoms with Gasteiger partial charge in [-0.15, -0.1) is 0 Å². The van der Waals surface area contributed by atoms with E-state index < -0.39 is 10.0 Å². The predicted octanol–water partition coefficient (Wildman–Crippen LogP) is 4.94. The fourth-order valence-corrected chi connectivity index (χ4v) is 5.20. The van der Waals surface area contributed by atoms with Gasteiger partial charge in [0, 0.05) is 18.7 Å². The molecule has 37 heavy (non-hydrogen) atoms. The van der Waals surface area contributed by atoms with E-state index in [9.17, 15) is 18.0 Å². The summed E-state index contributed by atoms with van der Waals surface area (Å²) in [6, 6.07) is 25.2. The molecule has 0 atom stereocenters. The van der Waals surface area contributed by atoms with E-state index in [4.69, 9.17) is 0 Å². The average Bonchev–Trinajstić information content (AvgIpc) is 2.87. The van der Waals surface area contributed by atoms with Gasteiger partial charge in [0.2, 0.25) is 11.8 Å². The van der Waals surface area contributed by atoms with Crippen LogP contribution >= 0.6 is 0 Å². The molecule has 190 valence electrons. The molecule has 0 aliphatic rings. The van der Waals surface area contributed by atoms with Gasteiger partial charge in [0.05, 0.1) is 17.0 Å². The molecule has 0 unspecified atom stereocenters. The number of hydrogen-bond acceptors (Lipinski definition) is 4. The molecule has 0 radical (unpaired) electrons. The number of benzene rings is 4. The second-order valence-corrected chi connectivity index (χ2v) is 10.5. The van der Waals surface area contributed by atoms with Crippen molar-refractivity contribution in [2.75, 3.05) is 16.6 Å². The highest BCUT2D eigenvalue weighted by Gasteiger charge is 2.17. The van der Waals surface area contributed by atoms with E-state index in [1.165, 1.54) is 12.1 Å². The first-order valence-electron chi connectivity index (χ1n) is 12.0. The molecule has 0 aliphatic heterocycles. The average molecular weight is 516 g/mol. The first-order chi connectivity index (χ1) is 17.7. The number of rotatable bonds is 9. The number of amides is 2. The Balaban J connectivity index is 1.31. The molecule has 4 rings (SSSR count). The molecule has 2 amide bonds. The molecular weight excluding hydrogens is 486 g/mol. The van der Waals surface area contributed by atoms with Gasteiger partial charge in [-0.05, 0) is 65.6 Å². The lowest BCUT2D eigenvalue weighted by Gasteiger charge is -2.13. The fourth-order valence-electron chi connectivity index (χ4n) is 4.03. The van der Waals surface area contributed by atoms with Gasteiger partial charge in [0.1, 0.15) is 0 Å². The number of carbonyl (C=O) groups excluding carboxylic acids is 2.